The number of para-hydroxylation sites is 1. The van der Waals surface area contributed by atoms with Gasteiger partial charge in [0, 0.05) is 5.69 Å². The van der Waals surface area contributed by atoms with E-state index in [9.17, 15) is 9.59 Å². The topological polar surface area (TPSA) is 61.8 Å². The zero-order chi connectivity index (χ0) is 18.7. The molecule has 0 atom stereocenters. The van der Waals surface area contributed by atoms with Crippen LogP contribution in [0.25, 0.3) is 0 Å². The third-order valence-electron chi connectivity index (χ3n) is 4.01. The van der Waals surface area contributed by atoms with E-state index in [2.05, 4.69) is 10.3 Å². The molecule has 0 unspecified atom stereocenters. The molecule has 0 fully saturated rings. The van der Waals surface area contributed by atoms with Gasteiger partial charge in [0.15, 0.2) is 5.17 Å². The van der Waals surface area contributed by atoms with E-state index in [-0.39, 0.29) is 24.1 Å². The molecule has 0 radical (unpaired) electrons. The number of amidine groups is 1. The maximum absolute atomic E-state index is 12.2. The largest absolute Gasteiger partial charge is 0.325 e. The number of rotatable bonds is 4. The standard InChI is InChI=1S/C19H18ClN3O2S/c1-12-7-8-14(9-13(12)2)22-17(24)11-26-19-21-10-18(25)23(19)16-6-4-3-5-15(16)20/h3-9H,10-11H2,1-2H3,(H,22,24). The number of thioether (sulfide) groups is 1. The molecule has 2 amide bonds. The first-order valence-corrected chi connectivity index (χ1v) is 9.44. The van der Waals surface area contributed by atoms with E-state index < -0.39 is 0 Å². The number of carbonyl (C=O) groups excluding carboxylic acids is 2. The maximum Gasteiger partial charge on any atom is 0.254 e. The zero-order valence-corrected chi connectivity index (χ0v) is 16.0. The van der Waals surface area contributed by atoms with Crippen molar-refractivity contribution in [3.05, 3.63) is 58.6 Å². The van der Waals surface area contributed by atoms with Crippen LogP contribution in [0.1, 0.15) is 11.1 Å². The van der Waals surface area contributed by atoms with E-state index in [1.807, 2.05) is 38.1 Å². The summed E-state index contributed by atoms with van der Waals surface area (Å²) in [5, 5.41) is 3.82. The van der Waals surface area contributed by atoms with Crippen molar-refractivity contribution in [3.8, 4) is 0 Å². The molecule has 2 aromatic rings. The van der Waals surface area contributed by atoms with Crippen molar-refractivity contribution in [2.75, 3.05) is 22.5 Å². The van der Waals surface area contributed by atoms with Gasteiger partial charge in [-0.15, -0.1) is 0 Å². The van der Waals surface area contributed by atoms with Crippen LogP contribution in [0.3, 0.4) is 0 Å². The quantitative estimate of drug-likeness (QED) is 0.861. The molecule has 5 nitrogen and oxygen atoms in total. The molecule has 1 N–H and O–H groups in total. The number of benzene rings is 2. The lowest BCUT2D eigenvalue weighted by Gasteiger charge is -2.19. The second-order valence-electron chi connectivity index (χ2n) is 5.92. The van der Waals surface area contributed by atoms with Gasteiger partial charge in [-0.1, -0.05) is 41.6 Å². The van der Waals surface area contributed by atoms with Gasteiger partial charge in [0.2, 0.25) is 5.91 Å². The molecule has 3 rings (SSSR count). The van der Waals surface area contributed by atoms with Crippen LogP contribution in [0.5, 0.6) is 0 Å². The van der Waals surface area contributed by atoms with Gasteiger partial charge in [-0.3, -0.25) is 19.5 Å². The Bertz CT molecular complexity index is 898. The maximum atomic E-state index is 12.2. The van der Waals surface area contributed by atoms with E-state index >= 15 is 0 Å². The third kappa shape index (κ3) is 4.08. The van der Waals surface area contributed by atoms with E-state index in [0.717, 1.165) is 11.3 Å². The molecule has 7 heteroatoms. The Balaban J connectivity index is 1.64. The first-order chi connectivity index (χ1) is 12.5. The summed E-state index contributed by atoms with van der Waals surface area (Å²) in [5.74, 6) is -0.158. The number of halogens is 1. The van der Waals surface area contributed by atoms with Gasteiger partial charge in [-0.2, -0.15) is 0 Å². The number of amides is 2. The summed E-state index contributed by atoms with van der Waals surface area (Å²) in [7, 11) is 0. The molecule has 0 saturated heterocycles. The molecule has 0 saturated carbocycles. The van der Waals surface area contributed by atoms with Crippen LogP contribution in [0.15, 0.2) is 47.5 Å². The van der Waals surface area contributed by atoms with Crippen LogP contribution in [0.4, 0.5) is 11.4 Å². The average molecular weight is 388 g/mol. The SMILES string of the molecule is Cc1ccc(NC(=O)CSC2=NCC(=O)N2c2ccccc2Cl)cc1C. The Morgan fingerprint density at radius 2 is 2.00 bits per heavy atom. The molecule has 1 heterocycles. The number of nitrogens with one attached hydrogen (secondary N) is 1. The summed E-state index contributed by atoms with van der Waals surface area (Å²) in [6, 6.07) is 12.9. The highest BCUT2D eigenvalue weighted by molar-refractivity contribution is 8.14. The van der Waals surface area contributed by atoms with E-state index in [1.165, 1.54) is 22.2 Å². The van der Waals surface area contributed by atoms with Crippen molar-refractivity contribution in [1.29, 1.82) is 0 Å². The molecule has 0 aliphatic carbocycles. The number of nitrogens with zero attached hydrogens (tertiary/aromatic N) is 2. The van der Waals surface area contributed by atoms with Crippen molar-refractivity contribution in [2.45, 2.75) is 13.8 Å². The molecule has 0 spiro atoms. The Kier molecular flexibility index (Phi) is 5.64. The molecule has 26 heavy (non-hydrogen) atoms. The van der Waals surface area contributed by atoms with Crippen molar-refractivity contribution >= 4 is 51.7 Å². The van der Waals surface area contributed by atoms with Gasteiger partial charge < -0.3 is 5.32 Å². The summed E-state index contributed by atoms with van der Waals surface area (Å²) in [6.07, 6.45) is 0. The van der Waals surface area contributed by atoms with Crippen molar-refractivity contribution in [3.63, 3.8) is 0 Å². The van der Waals surface area contributed by atoms with Crippen molar-refractivity contribution in [1.82, 2.24) is 0 Å². The predicted molar refractivity (Wildman–Crippen MR) is 108 cm³/mol. The first kappa shape index (κ1) is 18.5. The number of anilines is 2. The number of aryl methyl sites for hydroxylation is 2. The molecule has 1 aliphatic heterocycles. The fraction of sp³-hybridized carbons (Fsp3) is 0.211. The normalized spacial score (nSPS) is 13.7. The lowest BCUT2D eigenvalue weighted by molar-refractivity contribution is -0.116. The minimum absolute atomic E-state index is 0.0618. The van der Waals surface area contributed by atoms with Gasteiger partial charge in [-0.25, -0.2) is 0 Å². The Labute approximate surface area is 161 Å². The summed E-state index contributed by atoms with van der Waals surface area (Å²) < 4.78 is 0. The lowest BCUT2D eigenvalue weighted by Crippen LogP contribution is -2.31. The molecule has 134 valence electrons. The van der Waals surface area contributed by atoms with Crippen LogP contribution >= 0.6 is 23.4 Å². The predicted octanol–water partition coefficient (Wildman–Crippen LogP) is 4.03. The fourth-order valence-electron chi connectivity index (χ4n) is 2.51. The minimum Gasteiger partial charge on any atom is -0.325 e. The fourth-order valence-corrected chi connectivity index (χ4v) is 3.55. The highest BCUT2D eigenvalue weighted by atomic mass is 35.5. The van der Waals surface area contributed by atoms with Crippen molar-refractivity contribution < 1.29 is 9.59 Å². The summed E-state index contributed by atoms with van der Waals surface area (Å²) in [5.41, 5.74) is 3.63. The Hall–Kier alpha value is -2.31. The molecule has 0 bridgehead atoms. The van der Waals surface area contributed by atoms with Crippen LogP contribution in [0.2, 0.25) is 5.02 Å². The van der Waals surface area contributed by atoms with Gasteiger partial charge >= 0.3 is 0 Å². The van der Waals surface area contributed by atoms with Gasteiger partial charge in [0.05, 0.1) is 16.5 Å². The average Bonchev–Trinajstić information content (AvgIpc) is 2.97. The van der Waals surface area contributed by atoms with Gasteiger partial charge in [-0.05, 0) is 49.2 Å². The second kappa shape index (κ2) is 7.93. The monoisotopic (exact) mass is 387 g/mol. The first-order valence-electron chi connectivity index (χ1n) is 8.07. The third-order valence-corrected chi connectivity index (χ3v) is 5.30. The second-order valence-corrected chi connectivity index (χ2v) is 7.26. The van der Waals surface area contributed by atoms with Crippen LogP contribution in [-0.4, -0.2) is 29.3 Å². The molecular weight excluding hydrogens is 370 g/mol. The molecular formula is C19H18ClN3O2S. The molecule has 2 aromatic carbocycles. The number of carbonyl (C=O) groups is 2. The van der Waals surface area contributed by atoms with Crippen LogP contribution < -0.4 is 10.2 Å². The minimum atomic E-state index is -0.157. The highest BCUT2D eigenvalue weighted by Gasteiger charge is 2.29. The summed E-state index contributed by atoms with van der Waals surface area (Å²) in [4.78, 5) is 30.1. The lowest BCUT2D eigenvalue weighted by atomic mass is 10.1. The van der Waals surface area contributed by atoms with Gasteiger partial charge in [0.25, 0.3) is 5.91 Å². The molecule has 1 aliphatic rings. The van der Waals surface area contributed by atoms with E-state index in [1.54, 1.807) is 18.2 Å². The zero-order valence-electron chi connectivity index (χ0n) is 14.5. The van der Waals surface area contributed by atoms with E-state index in [4.69, 9.17) is 11.6 Å². The van der Waals surface area contributed by atoms with Gasteiger partial charge in [0.1, 0.15) is 6.54 Å². The highest BCUT2D eigenvalue weighted by Crippen LogP contribution is 2.30. The number of aliphatic imine (C=N–C) groups is 1. The van der Waals surface area contributed by atoms with Crippen LogP contribution in [-0.2, 0) is 9.59 Å². The summed E-state index contributed by atoms with van der Waals surface area (Å²) >= 11 is 7.41. The Morgan fingerprint density at radius 1 is 1.23 bits per heavy atom. The van der Waals surface area contributed by atoms with Crippen LogP contribution in [0, 0.1) is 13.8 Å². The number of hydrogen-bond acceptors (Lipinski definition) is 4. The molecule has 0 aromatic heterocycles. The van der Waals surface area contributed by atoms with Crippen molar-refractivity contribution in [2.24, 2.45) is 4.99 Å². The summed E-state index contributed by atoms with van der Waals surface area (Å²) in [6.45, 7) is 4.09. The van der Waals surface area contributed by atoms with E-state index in [0.29, 0.717) is 15.9 Å². The number of hydrogen-bond donors (Lipinski definition) is 1. The smallest absolute Gasteiger partial charge is 0.254 e. The Morgan fingerprint density at radius 3 is 2.73 bits per heavy atom.